The van der Waals surface area contributed by atoms with Crippen LogP contribution in [0.2, 0.25) is 0 Å². The van der Waals surface area contributed by atoms with Crippen LogP contribution in [0.25, 0.3) is 0 Å². The van der Waals surface area contributed by atoms with E-state index in [2.05, 4.69) is 0 Å². The molecule has 0 fully saturated rings. The normalized spacial score (nSPS) is 10.5. The first-order valence-electron chi connectivity index (χ1n) is 7.80. The van der Waals surface area contributed by atoms with Crippen LogP contribution >= 0.6 is 0 Å². The van der Waals surface area contributed by atoms with Crippen molar-refractivity contribution in [1.29, 1.82) is 0 Å². The Labute approximate surface area is 142 Å². The van der Waals surface area contributed by atoms with E-state index in [1.54, 1.807) is 19.1 Å². The number of ketones is 1. The molecule has 126 valence electrons. The van der Waals surface area contributed by atoms with Crippen LogP contribution in [0.15, 0.2) is 24.3 Å². The van der Waals surface area contributed by atoms with E-state index in [0.717, 1.165) is 22.3 Å². The van der Waals surface area contributed by atoms with Crippen molar-refractivity contribution in [2.45, 2.75) is 34.6 Å². The summed E-state index contributed by atoms with van der Waals surface area (Å²) in [6.07, 6.45) is 0. The highest BCUT2D eigenvalue weighted by Gasteiger charge is 2.19. The van der Waals surface area contributed by atoms with Crippen LogP contribution in [0, 0.1) is 34.6 Å². The smallest absolute Gasteiger partial charge is 0.342 e. The molecule has 0 atom stereocenters. The third kappa shape index (κ3) is 3.32. The molecule has 24 heavy (non-hydrogen) atoms. The maximum Gasteiger partial charge on any atom is 0.342 e. The zero-order chi connectivity index (χ0) is 18.0. The average Bonchev–Trinajstić information content (AvgIpc) is 2.53. The van der Waals surface area contributed by atoms with Gasteiger partial charge in [-0.1, -0.05) is 18.2 Å². The molecule has 2 aromatic rings. The SMILES string of the molecule is Cc1cc(C)c(C)c(C(=O)COC(=O)c2cccc(C)c2O)c1C. The highest BCUT2D eigenvalue weighted by Crippen LogP contribution is 2.24. The molecule has 0 heterocycles. The zero-order valence-electron chi connectivity index (χ0n) is 14.7. The lowest BCUT2D eigenvalue weighted by Gasteiger charge is -2.14. The Hall–Kier alpha value is -2.62. The quantitative estimate of drug-likeness (QED) is 0.682. The van der Waals surface area contributed by atoms with E-state index < -0.39 is 5.97 Å². The highest BCUT2D eigenvalue weighted by atomic mass is 16.5. The van der Waals surface area contributed by atoms with Crippen molar-refractivity contribution < 1.29 is 19.4 Å². The Morgan fingerprint density at radius 2 is 1.54 bits per heavy atom. The number of hydrogen-bond acceptors (Lipinski definition) is 4. The van der Waals surface area contributed by atoms with Gasteiger partial charge in [-0.25, -0.2) is 4.79 Å². The summed E-state index contributed by atoms with van der Waals surface area (Å²) in [4.78, 5) is 24.7. The van der Waals surface area contributed by atoms with Crippen molar-refractivity contribution in [2.75, 3.05) is 6.61 Å². The lowest BCUT2D eigenvalue weighted by molar-refractivity contribution is 0.0471. The van der Waals surface area contributed by atoms with E-state index in [4.69, 9.17) is 4.74 Å². The van der Waals surface area contributed by atoms with E-state index in [9.17, 15) is 14.7 Å². The van der Waals surface area contributed by atoms with Gasteiger partial charge in [0.2, 0.25) is 5.78 Å². The number of phenols is 1. The summed E-state index contributed by atoms with van der Waals surface area (Å²) in [5.41, 5.74) is 5.12. The molecular weight excluding hydrogens is 304 g/mol. The van der Waals surface area contributed by atoms with E-state index in [0.29, 0.717) is 11.1 Å². The maximum atomic E-state index is 12.5. The van der Waals surface area contributed by atoms with Crippen LogP contribution in [0.3, 0.4) is 0 Å². The minimum Gasteiger partial charge on any atom is -0.507 e. The van der Waals surface area contributed by atoms with Gasteiger partial charge in [0.1, 0.15) is 11.3 Å². The first-order chi connectivity index (χ1) is 11.2. The predicted octanol–water partition coefficient (Wildman–Crippen LogP) is 3.97. The minimum absolute atomic E-state index is 0.0664. The number of carbonyl (C=O) groups excluding carboxylic acids is 2. The standard InChI is InChI=1S/C20H22O4/c1-11-7-6-8-16(19(11)22)20(23)24-10-17(21)18-14(4)12(2)9-13(3)15(18)5/h6-9,22H,10H2,1-5H3. The van der Waals surface area contributed by atoms with E-state index >= 15 is 0 Å². The topological polar surface area (TPSA) is 63.6 Å². The van der Waals surface area contributed by atoms with Gasteiger partial charge >= 0.3 is 5.97 Å². The number of carbonyl (C=O) groups is 2. The van der Waals surface area contributed by atoms with Crippen molar-refractivity contribution in [1.82, 2.24) is 0 Å². The molecule has 0 aliphatic heterocycles. The van der Waals surface area contributed by atoms with Crippen LogP contribution in [-0.2, 0) is 4.74 Å². The fourth-order valence-corrected chi connectivity index (χ4v) is 2.74. The lowest BCUT2D eigenvalue weighted by atomic mass is 9.92. The Morgan fingerprint density at radius 1 is 0.958 bits per heavy atom. The Kier molecular flexibility index (Phi) is 5.07. The number of aromatic hydroxyl groups is 1. The van der Waals surface area contributed by atoms with Crippen LogP contribution in [0.1, 0.15) is 48.5 Å². The number of phenolic OH excluding ortho intramolecular Hbond substituents is 1. The molecule has 2 rings (SSSR count). The Morgan fingerprint density at radius 3 is 2.12 bits per heavy atom. The molecule has 0 saturated carbocycles. The van der Waals surface area contributed by atoms with Gasteiger partial charge in [-0.2, -0.15) is 0 Å². The largest absolute Gasteiger partial charge is 0.507 e. The monoisotopic (exact) mass is 326 g/mol. The molecule has 0 spiro atoms. The van der Waals surface area contributed by atoms with Crippen molar-refractivity contribution in [3.8, 4) is 5.75 Å². The van der Waals surface area contributed by atoms with E-state index in [1.165, 1.54) is 6.07 Å². The fourth-order valence-electron chi connectivity index (χ4n) is 2.74. The van der Waals surface area contributed by atoms with Crippen molar-refractivity contribution in [3.05, 3.63) is 63.2 Å². The summed E-state index contributed by atoms with van der Waals surface area (Å²) in [7, 11) is 0. The number of rotatable bonds is 4. The predicted molar refractivity (Wildman–Crippen MR) is 92.8 cm³/mol. The minimum atomic E-state index is -0.704. The van der Waals surface area contributed by atoms with E-state index in [1.807, 2.05) is 33.8 Å². The molecule has 0 aliphatic rings. The molecule has 0 amide bonds. The van der Waals surface area contributed by atoms with Crippen molar-refractivity contribution >= 4 is 11.8 Å². The van der Waals surface area contributed by atoms with Gasteiger partial charge in [0.25, 0.3) is 0 Å². The molecule has 0 radical (unpaired) electrons. The molecule has 0 aliphatic carbocycles. The first-order valence-corrected chi connectivity index (χ1v) is 7.80. The summed E-state index contributed by atoms with van der Waals surface area (Å²) in [6, 6.07) is 6.87. The number of hydrogen-bond donors (Lipinski definition) is 1. The molecular formula is C20H22O4. The van der Waals surface area contributed by atoms with Crippen LogP contribution in [0.4, 0.5) is 0 Å². The number of para-hydroxylation sites is 1. The maximum absolute atomic E-state index is 12.5. The second kappa shape index (κ2) is 6.87. The van der Waals surface area contributed by atoms with Crippen LogP contribution < -0.4 is 0 Å². The number of benzene rings is 2. The number of esters is 1. The molecule has 0 saturated heterocycles. The van der Waals surface area contributed by atoms with Crippen molar-refractivity contribution in [2.24, 2.45) is 0 Å². The molecule has 4 heteroatoms. The summed E-state index contributed by atoms with van der Waals surface area (Å²) in [5, 5.41) is 9.93. The molecule has 0 aromatic heterocycles. The summed E-state index contributed by atoms with van der Waals surface area (Å²) in [5.74, 6) is -1.06. The molecule has 2 aromatic carbocycles. The average molecular weight is 326 g/mol. The van der Waals surface area contributed by atoms with Gasteiger partial charge in [0.05, 0.1) is 0 Å². The van der Waals surface area contributed by atoms with Gasteiger partial charge in [-0.3, -0.25) is 4.79 Å². The summed E-state index contributed by atoms with van der Waals surface area (Å²) < 4.78 is 5.12. The van der Waals surface area contributed by atoms with E-state index in [-0.39, 0.29) is 23.7 Å². The fraction of sp³-hybridized carbons (Fsp3) is 0.300. The van der Waals surface area contributed by atoms with Gasteiger partial charge in [0, 0.05) is 5.56 Å². The second-order valence-electron chi connectivity index (χ2n) is 6.11. The molecule has 4 nitrogen and oxygen atoms in total. The number of aryl methyl sites for hydroxylation is 3. The zero-order valence-corrected chi connectivity index (χ0v) is 14.7. The third-order valence-corrected chi connectivity index (χ3v) is 4.44. The highest BCUT2D eigenvalue weighted by molar-refractivity contribution is 6.02. The van der Waals surface area contributed by atoms with Gasteiger partial charge in [0.15, 0.2) is 6.61 Å². The van der Waals surface area contributed by atoms with Crippen molar-refractivity contribution in [3.63, 3.8) is 0 Å². The lowest BCUT2D eigenvalue weighted by Crippen LogP contribution is -2.17. The Balaban J connectivity index is 2.20. The van der Waals surface area contributed by atoms with Crippen LogP contribution in [-0.4, -0.2) is 23.5 Å². The van der Waals surface area contributed by atoms with Gasteiger partial charge < -0.3 is 9.84 Å². The third-order valence-electron chi connectivity index (χ3n) is 4.44. The molecule has 0 bridgehead atoms. The summed E-state index contributed by atoms with van der Waals surface area (Å²) in [6.45, 7) is 9.04. The van der Waals surface area contributed by atoms with Gasteiger partial charge in [-0.15, -0.1) is 0 Å². The van der Waals surface area contributed by atoms with Crippen LogP contribution in [0.5, 0.6) is 5.75 Å². The first kappa shape index (κ1) is 17.7. The second-order valence-corrected chi connectivity index (χ2v) is 6.11. The molecule has 1 N–H and O–H groups in total. The number of Topliss-reactive ketones (excluding diaryl/α,β-unsaturated/α-hetero) is 1. The molecule has 0 unspecified atom stereocenters. The summed E-state index contributed by atoms with van der Waals surface area (Å²) >= 11 is 0. The van der Waals surface area contributed by atoms with Gasteiger partial charge in [-0.05, 0) is 68.5 Å². The Bertz CT molecular complexity index is 793. The number of ether oxygens (including phenoxy) is 1.